The molecular weight excluding hydrogens is 246 g/mol. The minimum Gasteiger partial charge on any atom is -0.352 e. The summed E-state index contributed by atoms with van der Waals surface area (Å²) >= 11 is 0. The van der Waals surface area contributed by atoms with Crippen LogP contribution in [0.2, 0.25) is 0 Å². The largest absolute Gasteiger partial charge is 0.352 e. The van der Waals surface area contributed by atoms with E-state index in [0.29, 0.717) is 6.04 Å². The lowest BCUT2D eigenvalue weighted by molar-refractivity contribution is 0.576. The highest BCUT2D eigenvalue weighted by molar-refractivity contribution is 5.38. The molecule has 3 rings (SSSR count). The average Bonchev–Trinajstić information content (AvgIpc) is 2.98. The number of aryl methyl sites for hydroxylation is 1. The molecule has 1 atom stereocenters. The summed E-state index contributed by atoms with van der Waals surface area (Å²) in [4.78, 5) is 11.1. The molecule has 1 saturated heterocycles. The van der Waals surface area contributed by atoms with Gasteiger partial charge in [0.25, 0.3) is 0 Å². The lowest BCUT2D eigenvalue weighted by atomic mass is 10.0. The maximum absolute atomic E-state index is 4.44. The van der Waals surface area contributed by atoms with Gasteiger partial charge in [0.15, 0.2) is 0 Å². The van der Waals surface area contributed by atoms with Gasteiger partial charge in [0, 0.05) is 25.0 Å². The zero-order valence-corrected chi connectivity index (χ0v) is 11.8. The van der Waals surface area contributed by atoms with Gasteiger partial charge in [0.2, 0.25) is 0 Å². The molecule has 20 heavy (non-hydrogen) atoms. The standard InChI is InChI=1S/C17H21N3/c1-2-6-15(7-3-1)8-4-9-16-10-5-13-20(16)17-14-18-11-12-19-17/h1-3,6-7,11-12,14,16H,4-5,8-10,13H2. The molecule has 0 amide bonds. The molecule has 3 heteroatoms. The molecule has 0 saturated carbocycles. The van der Waals surface area contributed by atoms with Gasteiger partial charge in [0.1, 0.15) is 5.82 Å². The van der Waals surface area contributed by atoms with Gasteiger partial charge in [-0.05, 0) is 37.7 Å². The zero-order chi connectivity index (χ0) is 13.6. The van der Waals surface area contributed by atoms with Crippen molar-refractivity contribution in [3.63, 3.8) is 0 Å². The maximum Gasteiger partial charge on any atom is 0.147 e. The van der Waals surface area contributed by atoms with Crippen molar-refractivity contribution in [1.82, 2.24) is 9.97 Å². The van der Waals surface area contributed by atoms with Crippen LogP contribution in [0.25, 0.3) is 0 Å². The summed E-state index contributed by atoms with van der Waals surface area (Å²) in [5.41, 5.74) is 1.44. The van der Waals surface area contributed by atoms with Gasteiger partial charge in [-0.1, -0.05) is 30.3 Å². The smallest absolute Gasteiger partial charge is 0.147 e. The molecule has 1 aliphatic heterocycles. The number of anilines is 1. The summed E-state index contributed by atoms with van der Waals surface area (Å²) in [5, 5.41) is 0. The molecule has 1 aliphatic rings. The second kappa shape index (κ2) is 6.51. The summed E-state index contributed by atoms with van der Waals surface area (Å²) < 4.78 is 0. The first-order valence-corrected chi connectivity index (χ1v) is 7.50. The van der Waals surface area contributed by atoms with E-state index in [1.54, 1.807) is 12.4 Å². The molecule has 0 radical (unpaired) electrons. The molecule has 1 unspecified atom stereocenters. The second-order valence-electron chi connectivity index (χ2n) is 5.43. The van der Waals surface area contributed by atoms with E-state index in [4.69, 9.17) is 0 Å². The molecular formula is C17H21N3. The van der Waals surface area contributed by atoms with Crippen LogP contribution in [0.15, 0.2) is 48.9 Å². The molecule has 3 nitrogen and oxygen atoms in total. The first kappa shape index (κ1) is 13.1. The Balaban J connectivity index is 1.54. The normalized spacial score (nSPS) is 18.4. The first-order chi connectivity index (χ1) is 9.93. The van der Waals surface area contributed by atoms with E-state index in [1.807, 2.05) is 6.20 Å². The number of benzene rings is 1. The van der Waals surface area contributed by atoms with Crippen LogP contribution in [-0.4, -0.2) is 22.6 Å². The number of nitrogens with zero attached hydrogens (tertiary/aromatic N) is 3. The predicted octanol–water partition coefficient (Wildman–Crippen LogP) is 3.47. The lowest BCUT2D eigenvalue weighted by Crippen LogP contribution is -2.30. The van der Waals surface area contributed by atoms with Gasteiger partial charge >= 0.3 is 0 Å². The Morgan fingerprint density at radius 1 is 1.15 bits per heavy atom. The van der Waals surface area contributed by atoms with Crippen molar-refractivity contribution in [3.8, 4) is 0 Å². The summed E-state index contributed by atoms with van der Waals surface area (Å²) in [6.07, 6.45) is 11.6. The van der Waals surface area contributed by atoms with Gasteiger partial charge in [-0.2, -0.15) is 0 Å². The van der Waals surface area contributed by atoms with E-state index < -0.39 is 0 Å². The van der Waals surface area contributed by atoms with Crippen molar-refractivity contribution < 1.29 is 0 Å². The molecule has 1 aromatic heterocycles. The van der Waals surface area contributed by atoms with Gasteiger partial charge in [-0.3, -0.25) is 4.98 Å². The minimum atomic E-state index is 0.635. The first-order valence-electron chi connectivity index (χ1n) is 7.50. The molecule has 0 spiro atoms. The van der Waals surface area contributed by atoms with Crippen LogP contribution in [0.1, 0.15) is 31.2 Å². The molecule has 1 fully saturated rings. The average molecular weight is 267 g/mol. The van der Waals surface area contributed by atoms with Crippen LogP contribution in [0.4, 0.5) is 5.82 Å². The summed E-state index contributed by atoms with van der Waals surface area (Å²) in [5.74, 6) is 1.04. The Labute approximate surface area is 120 Å². The van der Waals surface area contributed by atoms with Crippen molar-refractivity contribution in [1.29, 1.82) is 0 Å². The number of hydrogen-bond donors (Lipinski definition) is 0. The summed E-state index contributed by atoms with van der Waals surface area (Å²) in [6.45, 7) is 1.12. The van der Waals surface area contributed by atoms with Gasteiger partial charge in [0.05, 0.1) is 6.20 Å². The van der Waals surface area contributed by atoms with Crippen molar-refractivity contribution in [2.24, 2.45) is 0 Å². The highest BCUT2D eigenvalue weighted by Crippen LogP contribution is 2.26. The van der Waals surface area contributed by atoms with Crippen LogP contribution in [0.5, 0.6) is 0 Å². The van der Waals surface area contributed by atoms with E-state index in [2.05, 4.69) is 45.2 Å². The Morgan fingerprint density at radius 3 is 2.85 bits per heavy atom. The summed E-state index contributed by atoms with van der Waals surface area (Å²) in [6, 6.07) is 11.4. The van der Waals surface area contributed by atoms with Crippen LogP contribution >= 0.6 is 0 Å². The van der Waals surface area contributed by atoms with E-state index in [9.17, 15) is 0 Å². The number of hydrogen-bond acceptors (Lipinski definition) is 3. The summed E-state index contributed by atoms with van der Waals surface area (Å²) in [7, 11) is 0. The van der Waals surface area contributed by atoms with E-state index in [-0.39, 0.29) is 0 Å². The monoisotopic (exact) mass is 267 g/mol. The van der Waals surface area contributed by atoms with Gasteiger partial charge in [-0.25, -0.2) is 4.98 Å². The maximum atomic E-state index is 4.44. The quantitative estimate of drug-likeness (QED) is 0.830. The Bertz CT molecular complexity index is 512. The highest BCUT2D eigenvalue weighted by atomic mass is 15.2. The SMILES string of the molecule is c1ccc(CCCC2CCCN2c2cnccn2)cc1. The van der Waals surface area contributed by atoms with E-state index >= 15 is 0 Å². The van der Waals surface area contributed by atoms with E-state index in [1.165, 1.54) is 37.7 Å². The number of rotatable bonds is 5. The van der Waals surface area contributed by atoms with Crippen molar-refractivity contribution in [3.05, 3.63) is 54.5 Å². The zero-order valence-electron chi connectivity index (χ0n) is 11.8. The lowest BCUT2D eigenvalue weighted by Gasteiger charge is -2.25. The van der Waals surface area contributed by atoms with Crippen LogP contribution in [0.3, 0.4) is 0 Å². The van der Waals surface area contributed by atoms with Gasteiger partial charge < -0.3 is 4.90 Å². The molecule has 104 valence electrons. The molecule has 0 aliphatic carbocycles. The molecule has 0 bridgehead atoms. The fraction of sp³-hybridized carbons (Fsp3) is 0.412. The fourth-order valence-electron chi connectivity index (χ4n) is 3.06. The Morgan fingerprint density at radius 2 is 2.05 bits per heavy atom. The van der Waals surface area contributed by atoms with Crippen LogP contribution in [-0.2, 0) is 6.42 Å². The fourth-order valence-corrected chi connectivity index (χ4v) is 3.06. The third-order valence-electron chi connectivity index (χ3n) is 4.07. The van der Waals surface area contributed by atoms with Gasteiger partial charge in [-0.15, -0.1) is 0 Å². The van der Waals surface area contributed by atoms with Crippen molar-refractivity contribution in [2.45, 2.75) is 38.1 Å². The Kier molecular flexibility index (Phi) is 4.26. The third kappa shape index (κ3) is 3.16. The molecule has 1 aromatic carbocycles. The topological polar surface area (TPSA) is 29.0 Å². The van der Waals surface area contributed by atoms with Crippen LogP contribution in [0, 0.1) is 0 Å². The molecule has 2 aromatic rings. The Hall–Kier alpha value is -1.90. The highest BCUT2D eigenvalue weighted by Gasteiger charge is 2.25. The third-order valence-corrected chi connectivity index (χ3v) is 4.07. The minimum absolute atomic E-state index is 0.635. The van der Waals surface area contributed by atoms with Crippen LogP contribution < -0.4 is 4.90 Å². The van der Waals surface area contributed by atoms with E-state index in [0.717, 1.165) is 12.4 Å². The molecule has 0 N–H and O–H groups in total. The predicted molar refractivity (Wildman–Crippen MR) is 81.8 cm³/mol. The van der Waals surface area contributed by atoms with Crippen molar-refractivity contribution >= 4 is 5.82 Å². The second-order valence-corrected chi connectivity index (χ2v) is 5.43. The van der Waals surface area contributed by atoms with Crippen molar-refractivity contribution in [2.75, 3.05) is 11.4 Å². The number of aromatic nitrogens is 2. The molecule has 2 heterocycles.